The van der Waals surface area contributed by atoms with Crippen LogP contribution in [0.1, 0.15) is 48.8 Å². The van der Waals surface area contributed by atoms with E-state index in [2.05, 4.69) is 47.2 Å². The third-order valence-electron chi connectivity index (χ3n) is 5.17. The Bertz CT molecular complexity index is 550. The zero-order chi connectivity index (χ0) is 18.9. The van der Waals surface area contributed by atoms with Crippen LogP contribution in [0.25, 0.3) is 0 Å². The van der Waals surface area contributed by atoms with E-state index in [0.717, 1.165) is 39.0 Å². The molecule has 1 atom stereocenters. The fourth-order valence-corrected chi connectivity index (χ4v) is 4.01. The maximum absolute atomic E-state index is 11.9. The molecule has 146 valence electrons. The molecule has 1 aromatic carbocycles. The Balaban J connectivity index is 1.68. The first-order valence-corrected chi connectivity index (χ1v) is 10.1. The largest absolute Gasteiger partial charge is 0.356 e. The quantitative estimate of drug-likeness (QED) is 0.734. The molecule has 0 radical (unpaired) electrons. The first-order valence-electron chi connectivity index (χ1n) is 10.1. The van der Waals surface area contributed by atoms with Crippen LogP contribution in [0.2, 0.25) is 0 Å². The van der Waals surface area contributed by atoms with E-state index in [-0.39, 0.29) is 5.91 Å². The molecule has 0 aromatic heterocycles. The van der Waals surface area contributed by atoms with Crippen LogP contribution in [0.15, 0.2) is 18.2 Å². The van der Waals surface area contributed by atoms with Crippen LogP contribution in [0, 0.1) is 19.8 Å². The zero-order valence-electron chi connectivity index (χ0n) is 17.2. The Hall–Kier alpha value is -1.39. The molecule has 1 aliphatic rings. The highest BCUT2D eigenvalue weighted by molar-refractivity contribution is 5.75. The van der Waals surface area contributed by atoms with Gasteiger partial charge < -0.3 is 10.2 Å². The molecule has 2 rings (SSSR count). The van der Waals surface area contributed by atoms with E-state index in [4.69, 9.17) is 0 Å². The van der Waals surface area contributed by atoms with Crippen LogP contribution in [0.3, 0.4) is 0 Å². The van der Waals surface area contributed by atoms with Crippen LogP contribution in [0.5, 0.6) is 0 Å². The summed E-state index contributed by atoms with van der Waals surface area (Å²) in [5.41, 5.74) is 4.13. The second-order valence-corrected chi connectivity index (χ2v) is 8.28. The molecule has 1 N–H and O–H groups in total. The molecule has 1 heterocycles. The fraction of sp³-hybridized carbons (Fsp3) is 0.682. The molecule has 1 unspecified atom stereocenters. The van der Waals surface area contributed by atoms with Gasteiger partial charge in [0.15, 0.2) is 0 Å². The summed E-state index contributed by atoms with van der Waals surface area (Å²) >= 11 is 0. The van der Waals surface area contributed by atoms with Gasteiger partial charge in [0.25, 0.3) is 0 Å². The predicted octanol–water partition coefficient (Wildman–Crippen LogP) is 3.36. The number of nitrogens with one attached hydrogen (secondary N) is 1. The molecule has 0 spiro atoms. The Morgan fingerprint density at radius 2 is 1.96 bits per heavy atom. The highest BCUT2D eigenvalue weighted by Crippen LogP contribution is 2.21. The van der Waals surface area contributed by atoms with E-state index in [1.807, 2.05) is 14.1 Å². The minimum atomic E-state index is 0.203. The molecule has 4 heteroatoms. The summed E-state index contributed by atoms with van der Waals surface area (Å²) in [5.74, 6) is 0.909. The number of amides is 1. The second-order valence-electron chi connectivity index (χ2n) is 8.28. The maximum Gasteiger partial charge on any atom is 0.220 e. The lowest BCUT2D eigenvalue weighted by molar-refractivity contribution is -0.121. The Labute approximate surface area is 159 Å². The maximum atomic E-state index is 11.9. The van der Waals surface area contributed by atoms with Gasteiger partial charge in [-0.1, -0.05) is 29.3 Å². The van der Waals surface area contributed by atoms with Crippen LogP contribution in [-0.2, 0) is 11.3 Å². The zero-order valence-corrected chi connectivity index (χ0v) is 17.2. The second kappa shape index (κ2) is 10.7. The van der Waals surface area contributed by atoms with Crippen molar-refractivity contribution in [2.24, 2.45) is 5.92 Å². The molecule has 0 bridgehead atoms. The molecule has 1 fully saturated rings. The Morgan fingerprint density at radius 1 is 1.23 bits per heavy atom. The van der Waals surface area contributed by atoms with Crippen molar-refractivity contribution in [2.75, 3.05) is 40.3 Å². The number of carbonyl (C=O) groups is 1. The van der Waals surface area contributed by atoms with Crippen molar-refractivity contribution >= 4 is 5.91 Å². The summed E-state index contributed by atoms with van der Waals surface area (Å²) in [4.78, 5) is 16.6. The third-order valence-corrected chi connectivity index (χ3v) is 5.17. The number of hydrogen-bond acceptors (Lipinski definition) is 3. The van der Waals surface area contributed by atoms with Gasteiger partial charge in [-0.15, -0.1) is 0 Å². The summed E-state index contributed by atoms with van der Waals surface area (Å²) in [6.45, 7) is 9.56. The van der Waals surface area contributed by atoms with E-state index in [1.54, 1.807) is 0 Å². The van der Waals surface area contributed by atoms with Gasteiger partial charge in [0.05, 0.1) is 0 Å². The van der Waals surface area contributed by atoms with Crippen molar-refractivity contribution < 1.29 is 4.79 Å². The number of hydrogen-bond donors (Lipinski definition) is 1. The van der Waals surface area contributed by atoms with Gasteiger partial charge >= 0.3 is 0 Å². The van der Waals surface area contributed by atoms with Crippen LogP contribution >= 0.6 is 0 Å². The van der Waals surface area contributed by atoms with Crippen molar-refractivity contribution in [1.29, 1.82) is 0 Å². The van der Waals surface area contributed by atoms with Gasteiger partial charge in [-0.2, -0.15) is 0 Å². The SMILES string of the molecule is Cc1cc(C)cc(CN2CCCC(CCNC(=O)CCCN(C)C)C2)c1. The Morgan fingerprint density at radius 3 is 2.65 bits per heavy atom. The third kappa shape index (κ3) is 7.88. The van der Waals surface area contributed by atoms with Crippen molar-refractivity contribution in [1.82, 2.24) is 15.1 Å². The minimum absolute atomic E-state index is 0.203. The van der Waals surface area contributed by atoms with E-state index >= 15 is 0 Å². The van der Waals surface area contributed by atoms with Gasteiger partial charge in [0, 0.05) is 26.1 Å². The number of piperidine rings is 1. The van der Waals surface area contributed by atoms with Crippen molar-refractivity contribution in [3.8, 4) is 0 Å². The Kier molecular flexibility index (Phi) is 8.60. The first kappa shape index (κ1) is 20.9. The molecule has 1 aromatic rings. The molecule has 0 aliphatic carbocycles. The number of nitrogens with zero attached hydrogens (tertiary/aromatic N) is 2. The fourth-order valence-electron chi connectivity index (χ4n) is 4.01. The highest BCUT2D eigenvalue weighted by Gasteiger charge is 2.20. The summed E-state index contributed by atoms with van der Waals surface area (Å²) in [5, 5.41) is 3.11. The lowest BCUT2D eigenvalue weighted by atomic mass is 9.94. The summed E-state index contributed by atoms with van der Waals surface area (Å²) in [7, 11) is 4.09. The topological polar surface area (TPSA) is 35.6 Å². The number of rotatable bonds is 9. The lowest BCUT2D eigenvalue weighted by Gasteiger charge is -2.33. The van der Waals surface area contributed by atoms with E-state index in [0.29, 0.717) is 12.3 Å². The van der Waals surface area contributed by atoms with E-state index in [9.17, 15) is 4.79 Å². The highest BCUT2D eigenvalue weighted by atomic mass is 16.1. The van der Waals surface area contributed by atoms with E-state index < -0.39 is 0 Å². The van der Waals surface area contributed by atoms with Crippen molar-refractivity contribution in [3.05, 3.63) is 34.9 Å². The molecule has 4 nitrogen and oxygen atoms in total. The molecule has 26 heavy (non-hydrogen) atoms. The molecular formula is C22H37N3O. The average Bonchev–Trinajstić information content (AvgIpc) is 2.54. The van der Waals surface area contributed by atoms with Crippen molar-refractivity contribution in [2.45, 2.75) is 52.5 Å². The van der Waals surface area contributed by atoms with Gasteiger partial charge in [-0.25, -0.2) is 0 Å². The predicted molar refractivity (Wildman–Crippen MR) is 109 cm³/mol. The number of likely N-dealkylation sites (tertiary alicyclic amines) is 1. The standard InChI is InChI=1S/C22H37N3O/c1-18-13-19(2)15-21(14-18)17-25-12-5-7-20(16-25)9-10-23-22(26)8-6-11-24(3)4/h13-15,20H,5-12,16-17H2,1-4H3,(H,23,26). The van der Waals surface area contributed by atoms with Crippen LogP contribution in [-0.4, -0.2) is 56.0 Å². The van der Waals surface area contributed by atoms with Crippen molar-refractivity contribution in [3.63, 3.8) is 0 Å². The minimum Gasteiger partial charge on any atom is -0.356 e. The monoisotopic (exact) mass is 359 g/mol. The molecule has 1 saturated heterocycles. The van der Waals surface area contributed by atoms with Gasteiger partial charge in [-0.3, -0.25) is 9.69 Å². The molecule has 0 saturated carbocycles. The smallest absolute Gasteiger partial charge is 0.220 e. The normalized spacial score (nSPS) is 18.3. The lowest BCUT2D eigenvalue weighted by Crippen LogP contribution is -2.36. The summed E-state index contributed by atoms with van der Waals surface area (Å²) in [6, 6.07) is 6.86. The van der Waals surface area contributed by atoms with Crippen LogP contribution < -0.4 is 5.32 Å². The molecule has 1 amide bonds. The number of carbonyl (C=O) groups excluding carboxylic acids is 1. The average molecular weight is 360 g/mol. The van der Waals surface area contributed by atoms with Gasteiger partial charge in [0.2, 0.25) is 5.91 Å². The summed E-state index contributed by atoms with van der Waals surface area (Å²) < 4.78 is 0. The van der Waals surface area contributed by atoms with Gasteiger partial charge in [0.1, 0.15) is 0 Å². The first-order chi connectivity index (χ1) is 12.4. The van der Waals surface area contributed by atoms with E-state index in [1.165, 1.54) is 36.1 Å². The number of aryl methyl sites for hydroxylation is 2. The number of benzene rings is 1. The van der Waals surface area contributed by atoms with Crippen LogP contribution in [0.4, 0.5) is 0 Å². The molecule has 1 aliphatic heterocycles. The molecular weight excluding hydrogens is 322 g/mol. The van der Waals surface area contributed by atoms with Gasteiger partial charge in [-0.05, 0) is 78.2 Å². The summed E-state index contributed by atoms with van der Waals surface area (Å²) in [6.07, 6.45) is 5.24.